The van der Waals surface area contributed by atoms with E-state index < -0.39 is 42.6 Å². The Morgan fingerprint density at radius 1 is 1.05 bits per heavy atom. The number of amides is 1. The van der Waals surface area contributed by atoms with E-state index >= 15 is 0 Å². The quantitative estimate of drug-likeness (QED) is 0.282. The number of carbonyl (C=O) groups is 1. The number of benzene rings is 2. The zero-order chi connectivity index (χ0) is 29.7. The van der Waals surface area contributed by atoms with Crippen molar-refractivity contribution in [2.45, 2.75) is 31.2 Å². The molecule has 40 heavy (non-hydrogen) atoms. The topological polar surface area (TPSA) is 110 Å². The Labute approximate surface area is 232 Å². The number of carbonyl (C=O) groups excluding carboxylic acids is 1. The standard InChI is InChI=1S/C27H27ClF4N2O6/c1-15(35)13-40-21-8-5-17(11-23(21)39-3)25(36)33-14-26(37,27(30,31)32)12-18-6-9-22(38-2)24(34-18)16-4-7-20(29)19(28)10-16/h4-11,15,35,37H,12-14H2,1-3H3,(H,33,36). The predicted molar refractivity (Wildman–Crippen MR) is 138 cm³/mol. The van der Waals surface area contributed by atoms with Gasteiger partial charge in [-0.25, -0.2) is 9.37 Å². The molecule has 216 valence electrons. The van der Waals surface area contributed by atoms with Gasteiger partial charge in [0, 0.05) is 23.2 Å². The minimum absolute atomic E-state index is 0.0458. The first-order chi connectivity index (χ1) is 18.8. The minimum atomic E-state index is -5.16. The molecule has 8 nitrogen and oxygen atoms in total. The lowest BCUT2D eigenvalue weighted by Crippen LogP contribution is -2.55. The van der Waals surface area contributed by atoms with Crippen molar-refractivity contribution in [2.24, 2.45) is 0 Å². The molecule has 0 fully saturated rings. The molecule has 0 saturated carbocycles. The summed E-state index contributed by atoms with van der Waals surface area (Å²) >= 11 is 5.85. The molecule has 2 unspecified atom stereocenters. The smallest absolute Gasteiger partial charge is 0.419 e. The number of rotatable bonds is 11. The normalized spacial score (nSPS) is 13.8. The van der Waals surface area contributed by atoms with Crippen LogP contribution in [-0.4, -0.2) is 66.4 Å². The molecule has 0 aliphatic carbocycles. The van der Waals surface area contributed by atoms with Crippen LogP contribution in [0.4, 0.5) is 17.6 Å². The van der Waals surface area contributed by atoms with Crippen molar-refractivity contribution in [2.75, 3.05) is 27.4 Å². The van der Waals surface area contributed by atoms with E-state index in [1.807, 2.05) is 0 Å². The van der Waals surface area contributed by atoms with E-state index in [4.69, 9.17) is 25.8 Å². The zero-order valence-electron chi connectivity index (χ0n) is 21.7. The van der Waals surface area contributed by atoms with Gasteiger partial charge in [0.25, 0.3) is 5.91 Å². The third-order valence-corrected chi connectivity index (χ3v) is 6.07. The molecule has 3 aromatic rings. The van der Waals surface area contributed by atoms with Gasteiger partial charge in [-0.3, -0.25) is 4.79 Å². The van der Waals surface area contributed by atoms with Gasteiger partial charge >= 0.3 is 6.18 Å². The average Bonchev–Trinajstić information content (AvgIpc) is 2.91. The number of aromatic nitrogens is 1. The molecule has 0 saturated heterocycles. The number of pyridine rings is 1. The largest absolute Gasteiger partial charge is 0.494 e. The fraction of sp³-hybridized carbons (Fsp3) is 0.333. The lowest BCUT2D eigenvalue weighted by molar-refractivity contribution is -0.256. The van der Waals surface area contributed by atoms with Crippen LogP contribution in [0.15, 0.2) is 48.5 Å². The molecule has 2 atom stereocenters. The molecule has 0 spiro atoms. The highest BCUT2D eigenvalue weighted by Gasteiger charge is 2.54. The van der Waals surface area contributed by atoms with Gasteiger partial charge in [0.05, 0.1) is 31.9 Å². The molecule has 3 N–H and O–H groups in total. The van der Waals surface area contributed by atoms with Gasteiger partial charge in [-0.2, -0.15) is 13.2 Å². The molecular weight excluding hydrogens is 560 g/mol. The third kappa shape index (κ3) is 7.32. The fourth-order valence-electron chi connectivity index (χ4n) is 3.63. The number of methoxy groups -OCH3 is 2. The molecule has 0 aliphatic heterocycles. The van der Waals surface area contributed by atoms with E-state index in [1.165, 1.54) is 63.6 Å². The van der Waals surface area contributed by atoms with Crippen LogP contribution < -0.4 is 19.5 Å². The van der Waals surface area contributed by atoms with Gasteiger partial charge in [-0.1, -0.05) is 11.6 Å². The van der Waals surface area contributed by atoms with Crippen LogP contribution in [0.1, 0.15) is 23.0 Å². The summed E-state index contributed by atoms with van der Waals surface area (Å²) < 4.78 is 71.6. The number of alkyl halides is 3. The Morgan fingerprint density at radius 3 is 2.33 bits per heavy atom. The monoisotopic (exact) mass is 586 g/mol. The number of ether oxygens (including phenoxy) is 3. The van der Waals surface area contributed by atoms with Gasteiger partial charge in [-0.05, 0) is 55.5 Å². The first-order valence-electron chi connectivity index (χ1n) is 11.8. The second-order valence-corrected chi connectivity index (χ2v) is 9.30. The Balaban J connectivity index is 1.84. The number of aliphatic hydroxyl groups is 2. The van der Waals surface area contributed by atoms with Crippen molar-refractivity contribution in [3.8, 4) is 28.5 Å². The van der Waals surface area contributed by atoms with Crippen LogP contribution in [0.5, 0.6) is 17.2 Å². The lowest BCUT2D eigenvalue weighted by atomic mass is 9.95. The van der Waals surface area contributed by atoms with Crippen molar-refractivity contribution in [3.05, 3.63) is 70.6 Å². The summed E-state index contributed by atoms with van der Waals surface area (Å²) in [5.41, 5.74) is -3.26. The van der Waals surface area contributed by atoms with E-state index in [-0.39, 0.29) is 51.4 Å². The van der Waals surface area contributed by atoms with Crippen LogP contribution in [0.2, 0.25) is 5.02 Å². The van der Waals surface area contributed by atoms with Crippen molar-refractivity contribution >= 4 is 17.5 Å². The Hall–Kier alpha value is -3.61. The number of halogens is 5. The lowest BCUT2D eigenvalue weighted by Gasteiger charge is -2.30. The van der Waals surface area contributed by atoms with E-state index in [0.717, 1.165) is 6.07 Å². The summed E-state index contributed by atoms with van der Waals surface area (Å²) in [5, 5.41) is 22.0. The van der Waals surface area contributed by atoms with Gasteiger partial charge in [0.2, 0.25) is 0 Å². The van der Waals surface area contributed by atoms with Crippen molar-refractivity contribution in [3.63, 3.8) is 0 Å². The summed E-state index contributed by atoms with van der Waals surface area (Å²) in [4.78, 5) is 16.9. The van der Waals surface area contributed by atoms with Crippen molar-refractivity contribution in [1.82, 2.24) is 10.3 Å². The van der Waals surface area contributed by atoms with Gasteiger partial charge in [-0.15, -0.1) is 0 Å². The number of aliphatic hydroxyl groups excluding tert-OH is 1. The molecule has 3 rings (SSSR count). The fourth-order valence-corrected chi connectivity index (χ4v) is 3.81. The molecule has 2 aromatic carbocycles. The number of nitrogens with one attached hydrogen (secondary N) is 1. The molecule has 1 aromatic heterocycles. The Kier molecular flexibility index (Phi) is 9.82. The molecule has 1 amide bonds. The van der Waals surface area contributed by atoms with Crippen LogP contribution in [0, 0.1) is 5.82 Å². The molecule has 13 heteroatoms. The number of hydrogen-bond donors (Lipinski definition) is 3. The first kappa shape index (κ1) is 30.9. The Morgan fingerprint density at radius 2 is 1.73 bits per heavy atom. The zero-order valence-corrected chi connectivity index (χ0v) is 22.4. The summed E-state index contributed by atoms with van der Waals surface area (Å²) in [6, 6.07) is 10.2. The van der Waals surface area contributed by atoms with E-state index in [1.54, 1.807) is 0 Å². The maximum absolute atomic E-state index is 14.1. The second kappa shape index (κ2) is 12.7. The highest BCUT2D eigenvalue weighted by atomic mass is 35.5. The van der Waals surface area contributed by atoms with Crippen LogP contribution >= 0.6 is 11.6 Å². The van der Waals surface area contributed by atoms with Crippen LogP contribution in [0.3, 0.4) is 0 Å². The molecule has 0 radical (unpaired) electrons. The minimum Gasteiger partial charge on any atom is -0.494 e. The van der Waals surface area contributed by atoms with Crippen molar-refractivity contribution < 1.29 is 46.8 Å². The molecule has 0 bridgehead atoms. The maximum atomic E-state index is 14.1. The summed E-state index contributed by atoms with van der Waals surface area (Å²) in [6.45, 7) is 0.274. The van der Waals surface area contributed by atoms with Gasteiger partial charge in [0.1, 0.15) is 23.9 Å². The van der Waals surface area contributed by atoms with E-state index in [9.17, 15) is 32.6 Å². The average molecular weight is 587 g/mol. The van der Waals surface area contributed by atoms with Crippen LogP contribution in [0.25, 0.3) is 11.3 Å². The second-order valence-electron chi connectivity index (χ2n) is 8.90. The first-order valence-corrected chi connectivity index (χ1v) is 12.2. The highest BCUT2D eigenvalue weighted by molar-refractivity contribution is 6.31. The van der Waals surface area contributed by atoms with E-state index in [0.29, 0.717) is 0 Å². The Bertz CT molecular complexity index is 1360. The number of hydrogen-bond acceptors (Lipinski definition) is 7. The molecule has 1 heterocycles. The summed E-state index contributed by atoms with van der Waals surface area (Å²) in [6.07, 6.45) is -6.94. The van der Waals surface area contributed by atoms with Crippen molar-refractivity contribution in [1.29, 1.82) is 0 Å². The number of nitrogens with zero attached hydrogens (tertiary/aromatic N) is 1. The van der Waals surface area contributed by atoms with Gasteiger partial charge < -0.3 is 29.7 Å². The third-order valence-electron chi connectivity index (χ3n) is 5.78. The van der Waals surface area contributed by atoms with Gasteiger partial charge in [0.15, 0.2) is 17.1 Å². The van der Waals surface area contributed by atoms with E-state index in [2.05, 4.69) is 10.3 Å². The maximum Gasteiger partial charge on any atom is 0.419 e. The van der Waals surface area contributed by atoms with Crippen LogP contribution in [-0.2, 0) is 6.42 Å². The SMILES string of the molecule is COc1cc(C(=O)NCC(O)(Cc2ccc(OC)c(-c3ccc(F)c(Cl)c3)n2)C(F)(F)F)ccc1OCC(C)O. The summed E-state index contributed by atoms with van der Waals surface area (Å²) in [5.74, 6) is -1.08. The molecule has 0 aliphatic rings. The predicted octanol–water partition coefficient (Wildman–Crippen LogP) is 4.58. The highest BCUT2D eigenvalue weighted by Crippen LogP contribution is 2.36. The molecular formula is C27H27ClF4N2O6. The summed E-state index contributed by atoms with van der Waals surface area (Å²) in [7, 11) is 2.64.